The lowest BCUT2D eigenvalue weighted by Crippen LogP contribution is -2.72. The van der Waals surface area contributed by atoms with Gasteiger partial charge in [0.15, 0.2) is 0 Å². The van der Waals surface area contributed by atoms with Crippen LogP contribution in [0.25, 0.3) is 0 Å². The SMILES string of the molecule is CCOP(=O)(O)CC(Sc1nnn[nH]1)C1=C(C(=O)O)N2C(=O)[C@@H](N(CC(F)(F)F)C(C)=S)[C@@H]2SC1. The number of amides is 1. The van der Waals surface area contributed by atoms with E-state index in [1.807, 2.05) is 0 Å². The van der Waals surface area contributed by atoms with Crippen molar-refractivity contribution in [3.8, 4) is 0 Å². The Morgan fingerprint density at radius 3 is 2.71 bits per heavy atom. The number of halogens is 3. The van der Waals surface area contributed by atoms with Crippen LogP contribution in [-0.2, 0) is 18.7 Å². The largest absolute Gasteiger partial charge is 0.477 e. The topological polar surface area (TPSA) is 162 Å². The molecule has 35 heavy (non-hydrogen) atoms. The second kappa shape index (κ2) is 10.7. The fourth-order valence-corrected chi connectivity index (χ4v) is 8.21. The van der Waals surface area contributed by atoms with E-state index in [2.05, 4.69) is 20.6 Å². The highest BCUT2D eigenvalue weighted by Gasteiger charge is 2.58. The zero-order chi connectivity index (χ0) is 26.1. The number of aliphatic carboxylic acids is 1. The number of alkyl halides is 3. The third-order valence-corrected chi connectivity index (χ3v) is 9.35. The molecule has 194 valence electrons. The molecule has 3 heterocycles. The molecule has 1 fully saturated rings. The lowest BCUT2D eigenvalue weighted by atomic mass is 10.00. The first-order valence-corrected chi connectivity index (χ1v) is 14.0. The molecule has 1 aromatic heterocycles. The molecular formula is C16H20F3N6O6PS3. The Bertz CT molecular complexity index is 1070. The number of nitrogens with zero attached hydrogens (tertiary/aromatic N) is 5. The summed E-state index contributed by atoms with van der Waals surface area (Å²) in [5.74, 6) is -2.43. The van der Waals surface area contributed by atoms with Crippen LogP contribution >= 0.6 is 43.3 Å². The van der Waals surface area contributed by atoms with Gasteiger partial charge in [0.2, 0.25) is 5.16 Å². The maximum absolute atomic E-state index is 13.1. The van der Waals surface area contributed by atoms with Crippen molar-refractivity contribution in [3.05, 3.63) is 11.3 Å². The Labute approximate surface area is 210 Å². The maximum atomic E-state index is 13.1. The Morgan fingerprint density at radius 2 is 2.20 bits per heavy atom. The zero-order valence-corrected chi connectivity index (χ0v) is 21.5. The first kappa shape index (κ1) is 27.9. The number of hydrogen-bond acceptors (Lipinski definition) is 10. The molecule has 2 unspecified atom stereocenters. The van der Waals surface area contributed by atoms with Gasteiger partial charge >= 0.3 is 19.7 Å². The molecule has 3 rings (SSSR count). The molecule has 1 amide bonds. The van der Waals surface area contributed by atoms with Crippen molar-refractivity contribution in [2.45, 2.75) is 41.8 Å². The average molecular weight is 577 g/mol. The van der Waals surface area contributed by atoms with Gasteiger partial charge in [0.1, 0.15) is 23.7 Å². The predicted octanol–water partition coefficient (Wildman–Crippen LogP) is 1.72. The van der Waals surface area contributed by atoms with E-state index in [0.29, 0.717) is 0 Å². The van der Waals surface area contributed by atoms with Crippen LogP contribution in [-0.4, -0.2) is 105 Å². The predicted molar refractivity (Wildman–Crippen MR) is 123 cm³/mol. The van der Waals surface area contributed by atoms with Crippen molar-refractivity contribution >= 4 is 60.2 Å². The minimum absolute atomic E-state index is 0.0473. The van der Waals surface area contributed by atoms with Crippen molar-refractivity contribution in [3.63, 3.8) is 0 Å². The standard InChI is InChI=1S/C16H20F3N6O6PS3/c1-3-31-32(29,30)4-9(35-15-20-22-23-21-15)8-5-34-13-11(12(26)25(13)10(8)14(27)28)24(7(2)33)6-16(17,18)19/h9,11,13H,3-6H2,1-2H3,(H,27,28)(H,29,30)(H,20,21,22,23)/t9?,11-,13+/m1/s1. The van der Waals surface area contributed by atoms with Crippen molar-refractivity contribution in [2.24, 2.45) is 0 Å². The normalized spacial score (nSPS) is 22.8. The van der Waals surface area contributed by atoms with Crippen molar-refractivity contribution < 1.29 is 41.8 Å². The summed E-state index contributed by atoms with van der Waals surface area (Å²) in [7, 11) is -4.18. The van der Waals surface area contributed by atoms with Gasteiger partial charge in [-0.05, 0) is 29.8 Å². The number of H-pyrrole nitrogens is 1. The molecule has 1 saturated heterocycles. The number of carbonyl (C=O) groups excluding carboxylic acids is 1. The number of fused-ring (bicyclic) bond motifs is 1. The molecule has 3 N–H and O–H groups in total. The zero-order valence-electron chi connectivity index (χ0n) is 18.1. The van der Waals surface area contributed by atoms with Gasteiger partial charge in [0.05, 0.1) is 17.8 Å². The Kier molecular flexibility index (Phi) is 8.53. The van der Waals surface area contributed by atoms with Gasteiger partial charge in [-0.1, -0.05) is 24.0 Å². The monoisotopic (exact) mass is 576 g/mol. The number of β-lactam (4-membered cyclic amide) rings is 1. The van der Waals surface area contributed by atoms with Crippen LogP contribution in [0.2, 0.25) is 0 Å². The summed E-state index contributed by atoms with van der Waals surface area (Å²) in [6.45, 7) is 1.24. The number of aromatic nitrogens is 4. The van der Waals surface area contributed by atoms with E-state index in [9.17, 15) is 37.3 Å². The van der Waals surface area contributed by atoms with Gasteiger partial charge in [-0.25, -0.2) is 9.89 Å². The van der Waals surface area contributed by atoms with Crippen LogP contribution in [0.3, 0.4) is 0 Å². The summed E-state index contributed by atoms with van der Waals surface area (Å²) in [4.78, 5) is 36.9. The fraction of sp³-hybridized carbons (Fsp3) is 0.625. The van der Waals surface area contributed by atoms with E-state index in [-0.39, 0.29) is 28.1 Å². The molecule has 1 aromatic rings. The van der Waals surface area contributed by atoms with E-state index in [1.165, 1.54) is 13.8 Å². The molecular weight excluding hydrogens is 556 g/mol. The summed E-state index contributed by atoms with van der Waals surface area (Å²) < 4.78 is 56.7. The lowest BCUT2D eigenvalue weighted by Gasteiger charge is -2.53. The maximum Gasteiger partial charge on any atom is 0.405 e. The second-order valence-corrected chi connectivity index (χ2v) is 12.1. The molecule has 0 radical (unpaired) electrons. The van der Waals surface area contributed by atoms with Gasteiger partial charge in [-0.15, -0.1) is 16.9 Å². The Hall–Kier alpha value is -1.72. The number of thioether (sulfide) groups is 2. The number of carboxylic acid groups (broad SMARTS) is 1. The van der Waals surface area contributed by atoms with Gasteiger partial charge in [-0.3, -0.25) is 14.3 Å². The number of rotatable bonds is 10. The summed E-state index contributed by atoms with van der Waals surface area (Å²) in [5.41, 5.74) is -0.354. The molecule has 12 nitrogen and oxygen atoms in total. The number of thiocarbonyl (C=S) groups is 1. The molecule has 0 aromatic carbocycles. The number of nitrogens with one attached hydrogen (secondary N) is 1. The van der Waals surface area contributed by atoms with Gasteiger partial charge in [0, 0.05) is 11.0 Å². The number of tetrazole rings is 1. The van der Waals surface area contributed by atoms with Crippen molar-refractivity contribution in [2.75, 3.05) is 25.1 Å². The molecule has 2 aliphatic rings. The number of carboxylic acids is 1. The van der Waals surface area contributed by atoms with E-state index in [1.54, 1.807) is 0 Å². The number of hydrogen-bond donors (Lipinski definition) is 3. The molecule has 0 bridgehead atoms. The van der Waals surface area contributed by atoms with Crippen LogP contribution in [0, 0.1) is 0 Å². The number of carbonyl (C=O) groups is 2. The molecule has 0 spiro atoms. The summed E-state index contributed by atoms with van der Waals surface area (Å²) in [6.07, 6.45) is -5.15. The second-order valence-electron chi connectivity index (χ2n) is 7.35. The van der Waals surface area contributed by atoms with Crippen LogP contribution in [0.15, 0.2) is 16.4 Å². The lowest BCUT2D eigenvalue weighted by molar-refractivity contribution is -0.164. The fourth-order valence-electron chi connectivity index (χ4n) is 3.64. The highest BCUT2D eigenvalue weighted by Crippen LogP contribution is 2.50. The molecule has 19 heteroatoms. The highest BCUT2D eigenvalue weighted by atomic mass is 32.2. The highest BCUT2D eigenvalue weighted by molar-refractivity contribution is 8.01. The van der Waals surface area contributed by atoms with E-state index in [4.69, 9.17) is 16.7 Å². The van der Waals surface area contributed by atoms with Crippen molar-refractivity contribution in [1.29, 1.82) is 0 Å². The van der Waals surface area contributed by atoms with Gasteiger partial charge < -0.3 is 19.4 Å². The van der Waals surface area contributed by atoms with E-state index < -0.39 is 60.7 Å². The van der Waals surface area contributed by atoms with Crippen molar-refractivity contribution in [1.82, 2.24) is 30.4 Å². The quantitative estimate of drug-likeness (QED) is 0.160. The first-order chi connectivity index (χ1) is 16.3. The summed E-state index contributed by atoms with van der Waals surface area (Å²) in [5, 5.41) is 21.1. The minimum Gasteiger partial charge on any atom is -0.477 e. The van der Waals surface area contributed by atoms with E-state index in [0.717, 1.165) is 33.3 Å². The molecule has 4 atom stereocenters. The van der Waals surface area contributed by atoms with Crippen LogP contribution in [0.1, 0.15) is 13.8 Å². The Morgan fingerprint density at radius 1 is 1.51 bits per heavy atom. The summed E-state index contributed by atoms with van der Waals surface area (Å²) >= 11 is 6.82. The third kappa shape index (κ3) is 6.35. The summed E-state index contributed by atoms with van der Waals surface area (Å²) in [6, 6.07) is -1.30. The molecule has 0 saturated carbocycles. The molecule has 2 aliphatic heterocycles. The first-order valence-electron chi connectivity index (χ1n) is 9.87. The third-order valence-electron chi connectivity index (χ3n) is 4.96. The minimum atomic E-state index is -4.63. The molecule has 0 aliphatic carbocycles. The smallest absolute Gasteiger partial charge is 0.405 e. The van der Waals surface area contributed by atoms with Gasteiger partial charge in [-0.2, -0.15) is 13.2 Å². The van der Waals surface area contributed by atoms with Crippen LogP contribution < -0.4 is 0 Å². The average Bonchev–Trinajstić information content (AvgIpc) is 3.23. The van der Waals surface area contributed by atoms with Gasteiger partial charge in [0.25, 0.3) is 5.91 Å². The van der Waals surface area contributed by atoms with Crippen LogP contribution in [0.4, 0.5) is 13.2 Å². The Balaban J connectivity index is 1.98. The number of aromatic amines is 1. The van der Waals surface area contributed by atoms with Crippen LogP contribution in [0.5, 0.6) is 0 Å². The van der Waals surface area contributed by atoms with E-state index >= 15 is 0 Å².